The van der Waals surface area contributed by atoms with Crippen molar-refractivity contribution >= 4 is 28.3 Å². The molecule has 2 aromatic heterocycles. The van der Waals surface area contributed by atoms with Crippen LogP contribution >= 0.6 is 11.3 Å². The molecule has 6 nitrogen and oxygen atoms in total. The molecule has 0 aromatic carbocycles. The van der Waals surface area contributed by atoms with Crippen LogP contribution in [0, 0.1) is 11.8 Å². The van der Waals surface area contributed by atoms with E-state index in [1.165, 1.54) is 17.8 Å². The topological polar surface area (TPSA) is 98.2 Å². The van der Waals surface area contributed by atoms with Gasteiger partial charge in [0.05, 0.1) is 12.1 Å². The highest BCUT2D eigenvalue weighted by Gasteiger charge is 2.47. The Hall–Kier alpha value is -2.15. The first-order chi connectivity index (χ1) is 11.5. The normalized spacial score (nSPS) is 27.7. The van der Waals surface area contributed by atoms with Crippen molar-refractivity contribution in [3.63, 3.8) is 0 Å². The predicted molar refractivity (Wildman–Crippen MR) is 89.7 cm³/mol. The molecule has 2 aromatic rings. The fourth-order valence-electron chi connectivity index (χ4n) is 3.11. The standard InChI is InChI=1S/C17H19N3O3S/c1-8-4-10(8)13-2-3-14(23-13)11-6-12(11)16(22)20-17-19-9(7-24-17)5-15(18)21/h2-3,7-8,10-12H,4-6H2,1H3,(H2,18,21)(H,19,20,22). The zero-order valence-electron chi connectivity index (χ0n) is 13.3. The number of hydrogen-bond acceptors (Lipinski definition) is 5. The number of rotatable bonds is 6. The molecule has 0 aliphatic heterocycles. The predicted octanol–water partition coefficient (Wildman–Crippen LogP) is 2.63. The Labute approximate surface area is 143 Å². The fraction of sp³-hybridized carbons (Fsp3) is 0.471. The van der Waals surface area contributed by atoms with Crippen LogP contribution in [0.2, 0.25) is 0 Å². The highest BCUT2D eigenvalue weighted by molar-refractivity contribution is 7.13. The summed E-state index contributed by atoms with van der Waals surface area (Å²) in [5.74, 6) is 2.86. The van der Waals surface area contributed by atoms with E-state index in [9.17, 15) is 9.59 Å². The number of primary amides is 1. The van der Waals surface area contributed by atoms with Crippen LogP contribution < -0.4 is 11.1 Å². The molecule has 7 heteroatoms. The van der Waals surface area contributed by atoms with Crippen molar-refractivity contribution < 1.29 is 14.0 Å². The molecule has 3 N–H and O–H groups in total. The number of nitrogens with one attached hydrogen (secondary N) is 1. The third kappa shape index (κ3) is 3.08. The monoisotopic (exact) mass is 345 g/mol. The molecule has 4 unspecified atom stereocenters. The van der Waals surface area contributed by atoms with E-state index in [-0.39, 0.29) is 24.2 Å². The molecule has 0 saturated heterocycles. The van der Waals surface area contributed by atoms with Crippen molar-refractivity contribution in [2.45, 2.75) is 38.0 Å². The maximum Gasteiger partial charge on any atom is 0.230 e. The van der Waals surface area contributed by atoms with Gasteiger partial charge in [-0.05, 0) is 30.9 Å². The molecule has 0 bridgehead atoms. The third-order valence-electron chi connectivity index (χ3n) is 4.75. The second-order valence-corrected chi connectivity index (χ2v) is 7.64. The molecule has 2 amide bonds. The number of thiazole rings is 1. The fourth-order valence-corrected chi connectivity index (χ4v) is 3.82. The Kier molecular flexibility index (Phi) is 3.68. The first-order valence-corrected chi connectivity index (χ1v) is 9.02. The second-order valence-electron chi connectivity index (χ2n) is 6.78. The summed E-state index contributed by atoms with van der Waals surface area (Å²) in [5.41, 5.74) is 5.73. The van der Waals surface area contributed by atoms with E-state index in [0.29, 0.717) is 22.7 Å². The number of carbonyl (C=O) groups is 2. The van der Waals surface area contributed by atoms with Gasteiger partial charge in [-0.25, -0.2) is 4.98 Å². The Morgan fingerprint density at radius 2 is 2.04 bits per heavy atom. The van der Waals surface area contributed by atoms with Crippen LogP contribution in [0.5, 0.6) is 0 Å². The summed E-state index contributed by atoms with van der Waals surface area (Å²) in [6.07, 6.45) is 2.09. The highest BCUT2D eigenvalue weighted by atomic mass is 32.1. The molecule has 4 rings (SSSR count). The number of anilines is 1. The number of aromatic nitrogens is 1. The van der Waals surface area contributed by atoms with Crippen LogP contribution in [-0.4, -0.2) is 16.8 Å². The van der Waals surface area contributed by atoms with Gasteiger partial charge in [0.15, 0.2) is 5.13 Å². The van der Waals surface area contributed by atoms with Gasteiger partial charge in [0.1, 0.15) is 11.5 Å². The molecule has 126 valence electrons. The summed E-state index contributed by atoms with van der Waals surface area (Å²) in [4.78, 5) is 27.4. The Bertz CT molecular complexity index is 797. The van der Waals surface area contributed by atoms with Gasteiger partial charge in [0.2, 0.25) is 11.8 Å². The van der Waals surface area contributed by atoms with Crippen LogP contribution in [0.4, 0.5) is 5.13 Å². The largest absolute Gasteiger partial charge is 0.465 e. The molecule has 2 saturated carbocycles. The SMILES string of the molecule is CC1CC1c1ccc(C2CC2C(=O)Nc2nc(CC(N)=O)cs2)o1. The van der Waals surface area contributed by atoms with Crippen molar-refractivity contribution in [2.24, 2.45) is 17.6 Å². The Balaban J connectivity index is 1.34. The molecule has 2 fully saturated rings. The minimum atomic E-state index is -0.431. The number of furan rings is 1. The molecular weight excluding hydrogens is 326 g/mol. The van der Waals surface area contributed by atoms with Gasteiger partial charge < -0.3 is 15.5 Å². The number of nitrogens with zero attached hydrogens (tertiary/aromatic N) is 1. The van der Waals surface area contributed by atoms with Crippen molar-refractivity contribution in [1.29, 1.82) is 0 Å². The van der Waals surface area contributed by atoms with Crippen molar-refractivity contribution in [3.8, 4) is 0 Å². The van der Waals surface area contributed by atoms with Crippen molar-refractivity contribution in [2.75, 3.05) is 5.32 Å². The highest BCUT2D eigenvalue weighted by Crippen LogP contribution is 2.52. The zero-order chi connectivity index (χ0) is 16.8. The summed E-state index contributed by atoms with van der Waals surface area (Å²) in [5, 5.41) is 5.07. The maximum absolute atomic E-state index is 12.3. The maximum atomic E-state index is 12.3. The molecule has 4 atom stereocenters. The van der Waals surface area contributed by atoms with E-state index in [2.05, 4.69) is 17.2 Å². The van der Waals surface area contributed by atoms with Crippen LogP contribution in [0.15, 0.2) is 21.9 Å². The van der Waals surface area contributed by atoms with Gasteiger partial charge in [-0.2, -0.15) is 0 Å². The van der Waals surface area contributed by atoms with Crippen molar-refractivity contribution in [3.05, 3.63) is 34.7 Å². The average molecular weight is 345 g/mol. The quantitative estimate of drug-likeness (QED) is 0.841. The minimum absolute atomic E-state index is 0.0438. The summed E-state index contributed by atoms with van der Waals surface area (Å²) in [6.45, 7) is 2.22. The van der Waals surface area contributed by atoms with Crippen molar-refractivity contribution in [1.82, 2.24) is 4.98 Å². The summed E-state index contributed by atoms with van der Waals surface area (Å²) < 4.78 is 5.94. The molecule has 2 aliphatic carbocycles. The summed E-state index contributed by atoms with van der Waals surface area (Å²) >= 11 is 1.30. The summed E-state index contributed by atoms with van der Waals surface area (Å²) in [7, 11) is 0. The van der Waals surface area contributed by atoms with Gasteiger partial charge in [0, 0.05) is 23.1 Å². The average Bonchev–Trinajstić information content (AvgIpc) is 3.36. The molecular formula is C17H19N3O3S. The lowest BCUT2D eigenvalue weighted by Crippen LogP contribution is -2.15. The number of carbonyl (C=O) groups excluding carboxylic acids is 2. The number of amides is 2. The van der Waals surface area contributed by atoms with Gasteiger partial charge in [-0.1, -0.05) is 6.92 Å². The second kappa shape index (κ2) is 5.73. The molecule has 2 heterocycles. The third-order valence-corrected chi connectivity index (χ3v) is 5.56. The lowest BCUT2D eigenvalue weighted by Gasteiger charge is -2.00. The molecule has 2 aliphatic rings. The van der Waals surface area contributed by atoms with E-state index in [1.54, 1.807) is 5.38 Å². The van der Waals surface area contributed by atoms with E-state index in [4.69, 9.17) is 10.2 Å². The Morgan fingerprint density at radius 3 is 2.71 bits per heavy atom. The van der Waals surface area contributed by atoms with Gasteiger partial charge in [0.25, 0.3) is 0 Å². The zero-order valence-corrected chi connectivity index (χ0v) is 14.1. The van der Waals surface area contributed by atoms with Gasteiger partial charge in [-0.3, -0.25) is 9.59 Å². The molecule has 24 heavy (non-hydrogen) atoms. The Morgan fingerprint density at radius 1 is 1.33 bits per heavy atom. The lowest BCUT2D eigenvalue weighted by molar-refractivity contribution is -0.118. The van der Waals surface area contributed by atoms with Gasteiger partial charge >= 0.3 is 0 Å². The number of nitrogens with two attached hydrogens (primary N) is 1. The summed E-state index contributed by atoms with van der Waals surface area (Å²) in [6, 6.07) is 4.06. The van der Waals surface area contributed by atoms with Crippen LogP contribution in [0.3, 0.4) is 0 Å². The molecule has 0 spiro atoms. The van der Waals surface area contributed by atoms with E-state index in [0.717, 1.165) is 17.9 Å². The first-order valence-electron chi connectivity index (χ1n) is 8.14. The van der Waals surface area contributed by atoms with Crippen LogP contribution in [0.25, 0.3) is 0 Å². The molecule has 0 radical (unpaired) electrons. The number of hydrogen-bond donors (Lipinski definition) is 2. The van der Waals surface area contributed by atoms with E-state index < -0.39 is 5.91 Å². The minimum Gasteiger partial charge on any atom is -0.465 e. The van der Waals surface area contributed by atoms with E-state index in [1.807, 2.05) is 12.1 Å². The first kappa shape index (κ1) is 15.4. The lowest BCUT2D eigenvalue weighted by atomic mass is 10.2. The smallest absolute Gasteiger partial charge is 0.230 e. The van der Waals surface area contributed by atoms with Gasteiger partial charge in [-0.15, -0.1) is 11.3 Å². The van der Waals surface area contributed by atoms with Crippen LogP contribution in [0.1, 0.15) is 48.8 Å². The van der Waals surface area contributed by atoms with E-state index >= 15 is 0 Å². The van der Waals surface area contributed by atoms with Crippen LogP contribution in [-0.2, 0) is 16.0 Å².